The van der Waals surface area contributed by atoms with E-state index in [1.54, 1.807) is 18.3 Å². The minimum atomic E-state index is 0.130. The molecule has 0 bridgehead atoms. The van der Waals surface area contributed by atoms with Gasteiger partial charge in [-0.15, -0.1) is 0 Å². The molecule has 2 heterocycles. The average molecular weight is 259 g/mol. The number of aromatic nitrogens is 1. The molecule has 1 aromatic heterocycles. The molecular formula is C15H21N3O. The van der Waals surface area contributed by atoms with E-state index < -0.39 is 0 Å². The molecule has 1 saturated heterocycles. The zero-order valence-electron chi connectivity index (χ0n) is 11.2. The third-order valence-electron chi connectivity index (χ3n) is 4.53. The SMILES string of the molecule is Nc1cc(C(=O)N2CCC[C@H]3CCCC[C@H]32)ccn1. The van der Waals surface area contributed by atoms with Gasteiger partial charge in [0, 0.05) is 24.3 Å². The summed E-state index contributed by atoms with van der Waals surface area (Å²) in [4.78, 5) is 18.7. The van der Waals surface area contributed by atoms with E-state index in [1.807, 2.05) is 0 Å². The van der Waals surface area contributed by atoms with Gasteiger partial charge in [-0.05, 0) is 43.7 Å². The standard InChI is InChI=1S/C15H21N3O/c16-14-10-12(7-8-17-14)15(19)18-9-3-5-11-4-1-2-6-13(11)18/h7-8,10-11,13H,1-6,9H2,(H2,16,17)/t11-,13-/m1/s1. The Labute approximate surface area is 114 Å². The molecule has 2 fully saturated rings. The zero-order chi connectivity index (χ0) is 13.2. The maximum absolute atomic E-state index is 12.6. The van der Waals surface area contributed by atoms with Gasteiger partial charge >= 0.3 is 0 Å². The average Bonchev–Trinajstić information content (AvgIpc) is 2.46. The van der Waals surface area contributed by atoms with Crippen LogP contribution >= 0.6 is 0 Å². The Morgan fingerprint density at radius 3 is 2.89 bits per heavy atom. The van der Waals surface area contributed by atoms with Crippen LogP contribution in [0.4, 0.5) is 5.82 Å². The van der Waals surface area contributed by atoms with Gasteiger partial charge < -0.3 is 10.6 Å². The number of rotatable bonds is 1. The Bertz CT molecular complexity index is 472. The molecule has 3 rings (SSSR count). The summed E-state index contributed by atoms with van der Waals surface area (Å²) in [5.41, 5.74) is 6.36. The molecule has 102 valence electrons. The van der Waals surface area contributed by atoms with Crippen LogP contribution in [-0.4, -0.2) is 28.4 Å². The van der Waals surface area contributed by atoms with Gasteiger partial charge in [0.05, 0.1) is 0 Å². The van der Waals surface area contributed by atoms with Crippen molar-refractivity contribution >= 4 is 11.7 Å². The first kappa shape index (κ1) is 12.5. The number of likely N-dealkylation sites (tertiary alicyclic amines) is 1. The number of nitrogens with zero attached hydrogens (tertiary/aromatic N) is 2. The fourth-order valence-corrected chi connectivity index (χ4v) is 3.62. The number of carbonyl (C=O) groups is 1. The Morgan fingerprint density at radius 2 is 2.05 bits per heavy atom. The van der Waals surface area contributed by atoms with Crippen molar-refractivity contribution in [3.05, 3.63) is 23.9 Å². The second-order valence-corrected chi connectivity index (χ2v) is 5.72. The van der Waals surface area contributed by atoms with Gasteiger partial charge in [0.2, 0.25) is 0 Å². The summed E-state index contributed by atoms with van der Waals surface area (Å²) in [6.07, 6.45) is 9.06. The number of amides is 1. The van der Waals surface area contributed by atoms with E-state index in [0.717, 1.165) is 19.4 Å². The second kappa shape index (κ2) is 5.19. The van der Waals surface area contributed by atoms with Crippen LogP contribution in [-0.2, 0) is 0 Å². The number of hydrogen-bond acceptors (Lipinski definition) is 3. The molecule has 0 unspecified atom stereocenters. The number of anilines is 1. The molecule has 1 aromatic rings. The molecule has 1 aliphatic heterocycles. The predicted octanol–water partition coefficient (Wildman–Crippen LogP) is 2.46. The summed E-state index contributed by atoms with van der Waals surface area (Å²) in [7, 11) is 0. The van der Waals surface area contributed by atoms with Gasteiger partial charge in [0.1, 0.15) is 5.82 Å². The molecule has 4 heteroatoms. The van der Waals surface area contributed by atoms with E-state index in [9.17, 15) is 4.79 Å². The number of hydrogen-bond donors (Lipinski definition) is 1. The zero-order valence-corrected chi connectivity index (χ0v) is 11.2. The van der Waals surface area contributed by atoms with Crippen molar-refractivity contribution in [1.82, 2.24) is 9.88 Å². The molecular weight excluding hydrogens is 238 g/mol. The highest BCUT2D eigenvalue weighted by atomic mass is 16.2. The molecule has 1 amide bonds. The van der Waals surface area contributed by atoms with Crippen LogP contribution < -0.4 is 5.73 Å². The molecule has 0 radical (unpaired) electrons. The molecule has 0 spiro atoms. The summed E-state index contributed by atoms with van der Waals surface area (Å²) in [5, 5.41) is 0. The lowest BCUT2D eigenvalue weighted by Crippen LogP contribution is -2.49. The van der Waals surface area contributed by atoms with Crippen LogP contribution in [0.3, 0.4) is 0 Å². The van der Waals surface area contributed by atoms with Gasteiger partial charge in [-0.2, -0.15) is 0 Å². The van der Waals surface area contributed by atoms with Crippen molar-refractivity contribution in [3.8, 4) is 0 Å². The molecule has 4 nitrogen and oxygen atoms in total. The fourth-order valence-electron chi connectivity index (χ4n) is 3.62. The summed E-state index contributed by atoms with van der Waals surface area (Å²) in [6.45, 7) is 0.891. The van der Waals surface area contributed by atoms with E-state index in [0.29, 0.717) is 23.3 Å². The van der Waals surface area contributed by atoms with E-state index in [-0.39, 0.29) is 5.91 Å². The number of nitrogens with two attached hydrogens (primary N) is 1. The Hall–Kier alpha value is -1.58. The van der Waals surface area contributed by atoms with Gasteiger partial charge in [0.25, 0.3) is 5.91 Å². The highest BCUT2D eigenvalue weighted by molar-refractivity contribution is 5.95. The maximum Gasteiger partial charge on any atom is 0.254 e. The number of fused-ring (bicyclic) bond motifs is 1. The highest BCUT2D eigenvalue weighted by Gasteiger charge is 2.35. The van der Waals surface area contributed by atoms with Gasteiger partial charge in [-0.3, -0.25) is 4.79 Å². The predicted molar refractivity (Wildman–Crippen MR) is 74.7 cm³/mol. The van der Waals surface area contributed by atoms with Crippen LogP contribution in [0, 0.1) is 5.92 Å². The largest absolute Gasteiger partial charge is 0.384 e. The van der Waals surface area contributed by atoms with Crippen molar-refractivity contribution < 1.29 is 4.79 Å². The third-order valence-corrected chi connectivity index (χ3v) is 4.53. The topological polar surface area (TPSA) is 59.2 Å². The quantitative estimate of drug-likeness (QED) is 0.842. The molecule has 1 saturated carbocycles. The fraction of sp³-hybridized carbons (Fsp3) is 0.600. The van der Waals surface area contributed by atoms with Crippen LogP contribution in [0.5, 0.6) is 0 Å². The number of nitrogen functional groups attached to an aromatic ring is 1. The van der Waals surface area contributed by atoms with Crippen LogP contribution in [0.2, 0.25) is 0 Å². The Balaban J connectivity index is 1.82. The highest BCUT2D eigenvalue weighted by Crippen LogP contribution is 2.35. The lowest BCUT2D eigenvalue weighted by molar-refractivity contribution is 0.0390. The second-order valence-electron chi connectivity index (χ2n) is 5.72. The van der Waals surface area contributed by atoms with Crippen LogP contribution in [0.1, 0.15) is 48.9 Å². The van der Waals surface area contributed by atoms with Gasteiger partial charge in [-0.1, -0.05) is 12.8 Å². The first-order valence-corrected chi connectivity index (χ1v) is 7.28. The minimum absolute atomic E-state index is 0.130. The van der Waals surface area contributed by atoms with E-state index in [2.05, 4.69) is 9.88 Å². The van der Waals surface area contributed by atoms with E-state index in [1.165, 1.54) is 25.7 Å². The third kappa shape index (κ3) is 2.44. The molecule has 2 N–H and O–H groups in total. The monoisotopic (exact) mass is 259 g/mol. The maximum atomic E-state index is 12.6. The van der Waals surface area contributed by atoms with Gasteiger partial charge in [0.15, 0.2) is 0 Å². The Kier molecular flexibility index (Phi) is 3.40. The van der Waals surface area contributed by atoms with Crippen molar-refractivity contribution in [3.63, 3.8) is 0 Å². The number of carbonyl (C=O) groups excluding carboxylic acids is 1. The molecule has 2 aliphatic rings. The number of piperidine rings is 1. The minimum Gasteiger partial charge on any atom is -0.384 e. The number of pyridine rings is 1. The molecule has 2 atom stereocenters. The van der Waals surface area contributed by atoms with Crippen molar-refractivity contribution in [1.29, 1.82) is 0 Å². The van der Waals surface area contributed by atoms with Crippen molar-refractivity contribution in [2.75, 3.05) is 12.3 Å². The smallest absolute Gasteiger partial charge is 0.254 e. The summed E-state index contributed by atoms with van der Waals surface area (Å²) >= 11 is 0. The van der Waals surface area contributed by atoms with E-state index >= 15 is 0 Å². The van der Waals surface area contributed by atoms with E-state index in [4.69, 9.17) is 5.73 Å². The lowest BCUT2D eigenvalue weighted by atomic mass is 9.78. The summed E-state index contributed by atoms with van der Waals surface area (Å²) < 4.78 is 0. The normalized spacial score (nSPS) is 26.8. The van der Waals surface area contributed by atoms with Crippen LogP contribution in [0.15, 0.2) is 18.3 Å². The lowest BCUT2D eigenvalue weighted by Gasteiger charge is -2.44. The van der Waals surface area contributed by atoms with Gasteiger partial charge in [-0.25, -0.2) is 4.98 Å². The summed E-state index contributed by atoms with van der Waals surface area (Å²) in [6, 6.07) is 3.91. The van der Waals surface area contributed by atoms with Crippen molar-refractivity contribution in [2.24, 2.45) is 5.92 Å². The summed E-state index contributed by atoms with van der Waals surface area (Å²) in [5.74, 6) is 1.26. The molecule has 19 heavy (non-hydrogen) atoms. The molecule has 0 aromatic carbocycles. The van der Waals surface area contributed by atoms with Crippen LogP contribution in [0.25, 0.3) is 0 Å². The van der Waals surface area contributed by atoms with Crippen molar-refractivity contribution in [2.45, 2.75) is 44.6 Å². The molecule has 1 aliphatic carbocycles. The first-order chi connectivity index (χ1) is 9.25. The first-order valence-electron chi connectivity index (χ1n) is 7.28. The Morgan fingerprint density at radius 1 is 1.26 bits per heavy atom.